The van der Waals surface area contributed by atoms with E-state index in [1.807, 2.05) is 44.1 Å². The second-order valence-corrected chi connectivity index (χ2v) is 10.4. The second kappa shape index (κ2) is 9.52. The fraction of sp³-hybridized carbons (Fsp3) is 0.393. The van der Waals surface area contributed by atoms with Gasteiger partial charge < -0.3 is 19.7 Å². The van der Waals surface area contributed by atoms with Crippen LogP contribution in [0.25, 0.3) is 33.5 Å². The smallest absolute Gasteiger partial charge is 0.324 e. The Morgan fingerprint density at radius 1 is 1.26 bits per heavy atom. The second-order valence-electron chi connectivity index (χ2n) is 10.4. The maximum absolute atomic E-state index is 14.1. The van der Waals surface area contributed by atoms with Gasteiger partial charge in [-0.3, -0.25) is 14.8 Å². The largest absolute Gasteiger partial charge is 0.505 e. The summed E-state index contributed by atoms with van der Waals surface area (Å²) < 4.78 is 19.9. The average Bonchev–Trinajstić information content (AvgIpc) is 3.62. The predicted octanol–water partition coefficient (Wildman–Crippen LogP) is 3.63. The third kappa shape index (κ3) is 4.33. The number of aromatic nitrogens is 4. The molecule has 9 nitrogen and oxygen atoms in total. The first-order chi connectivity index (χ1) is 18.3. The quantitative estimate of drug-likeness (QED) is 0.346. The van der Waals surface area contributed by atoms with Gasteiger partial charge in [-0.1, -0.05) is 13.0 Å². The number of rotatable bonds is 5. The Bertz CT molecular complexity index is 1530. The first-order valence-electron chi connectivity index (χ1n) is 13.0. The first kappa shape index (κ1) is 24.6. The number of hydrogen-bond donors (Lipinski definition) is 3. The van der Waals surface area contributed by atoms with Crippen LogP contribution in [0, 0.1) is 5.82 Å². The topological polar surface area (TPSA) is 110 Å². The van der Waals surface area contributed by atoms with E-state index >= 15 is 0 Å². The number of aromatic amines is 2. The highest BCUT2D eigenvalue weighted by Crippen LogP contribution is 2.34. The van der Waals surface area contributed by atoms with Crippen LogP contribution in [0.1, 0.15) is 30.3 Å². The zero-order valence-electron chi connectivity index (χ0n) is 21.7. The van der Waals surface area contributed by atoms with Gasteiger partial charge in [-0.25, -0.2) is 9.37 Å². The number of nitrogens with one attached hydrogen (secondary N) is 2. The van der Waals surface area contributed by atoms with E-state index in [4.69, 9.17) is 9.72 Å². The Balaban J connectivity index is 1.26. The van der Waals surface area contributed by atoms with Gasteiger partial charge in [-0.15, -0.1) is 0 Å². The van der Waals surface area contributed by atoms with Gasteiger partial charge in [0, 0.05) is 31.4 Å². The number of aryl methyl sites for hydroxylation is 1. The van der Waals surface area contributed by atoms with Crippen LogP contribution in [-0.2, 0) is 28.9 Å². The molecule has 0 radical (unpaired) electrons. The normalized spacial score (nSPS) is 20.2. The minimum atomic E-state index is -0.647. The highest BCUT2D eigenvalue weighted by atomic mass is 19.1. The van der Waals surface area contributed by atoms with Crippen molar-refractivity contribution >= 4 is 16.9 Å². The number of nitrogens with zero attached hydrogens (tertiary/aromatic N) is 4. The SMILES string of the molecule is CCc1cc(O)c(F)cc1-c1ccc2c(-c3nc4c([nH]3)CN(C)C(C(=O)O[C@@H]3CCN(C)C3)C4)n[nH]c2c1. The fourth-order valence-corrected chi connectivity index (χ4v) is 5.59. The van der Waals surface area contributed by atoms with E-state index in [0.29, 0.717) is 30.9 Å². The molecule has 0 amide bonds. The molecule has 1 unspecified atom stereocenters. The van der Waals surface area contributed by atoms with Crippen LogP contribution in [0.3, 0.4) is 0 Å². The van der Waals surface area contributed by atoms with E-state index in [9.17, 15) is 14.3 Å². The van der Waals surface area contributed by atoms with Crippen LogP contribution in [0.2, 0.25) is 0 Å². The molecule has 2 aromatic heterocycles. The van der Waals surface area contributed by atoms with E-state index in [-0.39, 0.29) is 23.9 Å². The molecule has 2 atom stereocenters. The number of likely N-dealkylation sites (N-methyl/N-ethyl adjacent to an activating group) is 2. The van der Waals surface area contributed by atoms with E-state index < -0.39 is 5.82 Å². The van der Waals surface area contributed by atoms with Gasteiger partial charge in [-0.2, -0.15) is 5.10 Å². The molecule has 2 aliphatic rings. The summed E-state index contributed by atoms with van der Waals surface area (Å²) in [7, 11) is 3.96. The molecular weight excluding hydrogens is 487 g/mol. The molecule has 0 bridgehead atoms. The summed E-state index contributed by atoms with van der Waals surface area (Å²) in [6.45, 7) is 4.24. The van der Waals surface area contributed by atoms with Crippen molar-refractivity contribution in [3.05, 3.63) is 53.1 Å². The van der Waals surface area contributed by atoms with Crippen LogP contribution in [0.4, 0.5) is 4.39 Å². The van der Waals surface area contributed by atoms with Gasteiger partial charge in [0.1, 0.15) is 17.8 Å². The molecule has 1 saturated heterocycles. The van der Waals surface area contributed by atoms with E-state index in [0.717, 1.165) is 58.5 Å². The Labute approximate surface area is 219 Å². The number of ether oxygens (including phenoxy) is 1. The van der Waals surface area contributed by atoms with Crippen LogP contribution >= 0.6 is 0 Å². The number of aromatic hydroxyl groups is 1. The highest BCUT2D eigenvalue weighted by molar-refractivity contribution is 5.94. The number of carbonyl (C=O) groups is 1. The summed E-state index contributed by atoms with van der Waals surface area (Å²) in [5.74, 6) is -0.548. The highest BCUT2D eigenvalue weighted by Gasteiger charge is 2.35. The van der Waals surface area contributed by atoms with Gasteiger partial charge in [0.25, 0.3) is 0 Å². The number of esters is 1. The summed E-state index contributed by atoms with van der Waals surface area (Å²) in [4.78, 5) is 25.4. The number of phenols is 1. The summed E-state index contributed by atoms with van der Waals surface area (Å²) in [5, 5.41) is 18.3. The number of hydrogen-bond acceptors (Lipinski definition) is 7. The third-order valence-electron chi connectivity index (χ3n) is 7.75. The standard InChI is InChI=1S/C28H31FN6O3/c1-4-15-10-25(36)20(29)11-19(15)16-5-6-18-21(9-16)32-33-26(18)27-30-22-12-24(35(3)14-23(22)31-27)28(37)38-17-7-8-34(2)13-17/h5-6,9-11,17,24,36H,4,7-8,12-14H2,1-3H3,(H,30,31)(H,32,33)/t17-,24?/m1/s1. The molecule has 1 fully saturated rings. The Morgan fingerprint density at radius 3 is 2.87 bits per heavy atom. The van der Waals surface area contributed by atoms with Crippen molar-refractivity contribution in [3.63, 3.8) is 0 Å². The minimum absolute atomic E-state index is 0.0520. The predicted molar refractivity (Wildman–Crippen MR) is 141 cm³/mol. The molecule has 0 aliphatic carbocycles. The van der Waals surface area contributed by atoms with Crippen molar-refractivity contribution in [3.8, 4) is 28.4 Å². The number of phenolic OH excluding ortho intramolecular Hbond substituents is 1. The van der Waals surface area contributed by atoms with Gasteiger partial charge in [-0.05, 0) is 67.9 Å². The van der Waals surface area contributed by atoms with Crippen molar-refractivity contribution < 1.29 is 19.0 Å². The van der Waals surface area contributed by atoms with Crippen LogP contribution in [0.15, 0.2) is 30.3 Å². The van der Waals surface area contributed by atoms with Gasteiger partial charge in [0.2, 0.25) is 0 Å². The van der Waals surface area contributed by atoms with Crippen molar-refractivity contribution in [1.82, 2.24) is 30.0 Å². The maximum atomic E-state index is 14.1. The number of likely N-dealkylation sites (tertiary alicyclic amines) is 1. The molecule has 2 aromatic carbocycles. The molecule has 0 spiro atoms. The number of imidazole rings is 1. The molecule has 6 rings (SSSR count). The number of carbonyl (C=O) groups excluding carboxylic acids is 1. The number of halogens is 1. The Kier molecular flexibility index (Phi) is 6.16. The van der Waals surface area contributed by atoms with Crippen molar-refractivity contribution in [2.24, 2.45) is 0 Å². The maximum Gasteiger partial charge on any atom is 0.324 e. The fourth-order valence-electron chi connectivity index (χ4n) is 5.59. The van der Waals surface area contributed by atoms with E-state index in [2.05, 4.69) is 20.1 Å². The lowest BCUT2D eigenvalue weighted by Gasteiger charge is -2.30. The van der Waals surface area contributed by atoms with E-state index in [1.165, 1.54) is 12.1 Å². The zero-order valence-corrected chi connectivity index (χ0v) is 21.7. The van der Waals surface area contributed by atoms with Gasteiger partial charge in [0.05, 0.1) is 16.9 Å². The molecular formula is C28H31FN6O3. The molecule has 198 valence electrons. The molecule has 4 aromatic rings. The lowest BCUT2D eigenvalue weighted by atomic mass is 9.96. The molecule has 4 heterocycles. The zero-order chi connectivity index (χ0) is 26.6. The molecule has 38 heavy (non-hydrogen) atoms. The summed E-state index contributed by atoms with van der Waals surface area (Å²) in [5.41, 5.74) is 5.72. The minimum Gasteiger partial charge on any atom is -0.505 e. The Hall–Kier alpha value is -3.76. The number of benzene rings is 2. The Morgan fingerprint density at radius 2 is 2.11 bits per heavy atom. The van der Waals surface area contributed by atoms with E-state index in [1.54, 1.807) is 0 Å². The molecule has 2 aliphatic heterocycles. The van der Waals surface area contributed by atoms with Crippen molar-refractivity contribution in [1.29, 1.82) is 0 Å². The van der Waals surface area contributed by atoms with Gasteiger partial charge in [0.15, 0.2) is 17.4 Å². The lowest BCUT2D eigenvalue weighted by molar-refractivity contribution is -0.155. The van der Waals surface area contributed by atoms with Crippen LogP contribution in [-0.4, -0.2) is 80.4 Å². The third-order valence-corrected chi connectivity index (χ3v) is 7.75. The van der Waals surface area contributed by atoms with Crippen LogP contribution < -0.4 is 0 Å². The summed E-state index contributed by atoms with van der Waals surface area (Å²) >= 11 is 0. The number of H-pyrrole nitrogens is 2. The molecule has 10 heteroatoms. The average molecular weight is 519 g/mol. The van der Waals surface area contributed by atoms with Gasteiger partial charge >= 0.3 is 5.97 Å². The lowest BCUT2D eigenvalue weighted by Crippen LogP contribution is -2.45. The number of fused-ring (bicyclic) bond motifs is 2. The van der Waals surface area contributed by atoms with Crippen LogP contribution in [0.5, 0.6) is 5.75 Å². The molecule has 3 N–H and O–H groups in total. The first-order valence-corrected chi connectivity index (χ1v) is 13.0. The monoisotopic (exact) mass is 518 g/mol. The van der Waals surface area contributed by atoms with Crippen molar-refractivity contribution in [2.75, 3.05) is 27.2 Å². The van der Waals surface area contributed by atoms with Crippen molar-refractivity contribution in [2.45, 2.75) is 44.9 Å². The summed E-state index contributed by atoms with van der Waals surface area (Å²) in [6.07, 6.45) is 1.95. The summed E-state index contributed by atoms with van der Waals surface area (Å²) in [6, 6.07) is 8.28. The molecule has 0 saturated carbocycles.